The summed E-state index contributed by atoms with van der Waals surface area (Å²) >= 11 is 0. The molecule has 0 unspecified atom stereocenters. The second-order valence-electron chi connectivity index (χ2n) is 5.88. The van der Waals surface area contributed by atoms with E-state index in [0.29, 0.717) is 29.1 Å². The van der Waals surface area contributed by atoms with Gasteiger partial charge in [-0.05, 0) is 30.3 Å². The molecule has 0 amide bonds. The lowest BCUT2D eigenvalue weighted by molar-refractivity contribution is -0.141. The summed E-state index contributed by atoms with van der Waals surface area (Å²) in [6, 6.07) is 13.0. The maximum absolute atomic E-state index is 12.8. The first-order valence-electron chi connectivity index (χ1n) is 8.27. The summed E-state index contributed by atoms with van der Waals surface area (Å²) < 4.78 is 38.3. The molecule has 0 saturated carbocycles. The van der Waals surface area contributed by atoms with Crippen LogP contribution < -0.4 is 5.32 Å². The standard InChI is InChI=1S/C19H15F3N4O2/c20-19(21,22)16-9-10-23-18(26-16)25-14-5-1-3-12(11-14)15-6-2-4-13(24-15)7-8-17(27)28/h1-6,9-11H,7-8H2,(H,27,28)(H,23,25,26). The molecule has 2 aromatic heterocycles. The van der Waals surface area contributed by atoms with E-state index in [4.69, 9.17) is 5.11 Å². The van der Waals surface area contributed by atoms with E-state index in [1.807, 2.05) is 0 Å². The van der Waals surface area contributed by atoms with Gasteiger partial charge in [0, 0.05) is 29.6 Å². The highest BCUT2D eigenvalue weighted by Gasteiger charge is 2.32. The topological polar surface area (TPSA) is 88.0 Å². The Hall–Kier alpha value is -3.49. The van der Waals surface area contributed by atoms with Crippen LogP contribution in [0, 0.1) is 0 Å². The zero-order valence-corrected chi connectivity index (χ0v) is 14.4. The number of rotatable bonds is 6. The van der Waals surface area contributed by atoms with Crippen molar-refractivity contribution in [2.24, 2.45) is 0 Å². The number of nitrogens with one attached hydrogen (secondary N) is 1. The molecule has 0 bridgehead atoms. The maximum atomic E-state index is 12.8. The molecule has 9 heteroatoms. The van der Waals surface area contributed by atoms with Crippen molar-refractivity contribution in [1.82, 2.24) is 15.0 Å². The van der Waals surface area contributed by atoms with Crippen LogP contribution in [0.4, 0.5) is 24.8 Å². The van der Waals surface area contributed by atoms with Gasteiger partial charge in [0.2, 0.25) is 5.95 Å². The summed E-state index contributed by atoms with van der Waals surface area (Å²) in [5.74, 6) is -1.07. The molecule has 3 rings (SSSR count). The summed E-state index contributed by atoms with van der Waals surface area (Å²) in [5.41, 5.74) is 1.44. The molecule has 0 saturated heterocycles. The number of hydrogen-bond donors (Lipinski definition) is 2. The number of aliphatic carboxylic acids is 1. The van der Waals surface area contributed by atoms with Crippen LogP contribution in [-0.4, -0.2) is 26.0 Å². The Kier molecular flexibility index (Phi) is 5.53. The molecule has 2 heterocycles. The number of hydrogen-bond acceptors (Lipinski definition) is 5. The van der Waals surface area contributed by atoms with Gasteiger partial charge in [0.25, 0.3) is 0 Å². The number of benzene rings is 1. The van der Waals surface area contributed by atoms with E-state index in [0.717, 1.165) is 12.3 Å². The minimum absolute atomic E-state index is 0.0229. The quantitative estimate of drug-likeness (QED) is 0.654. The lowest BCUT2D eigenvalue weighted by Gasteiger charge is -2.10. The normalized spacial score (nSPS) is 11.2. The van der Waals surface area contributed by atoms with Gasteiger partial charge in [-0.15, -0.1) is 0 Å². The van der Waals surface area contributed by atoms with Crippen LogP contribution in [0.3, 0.4) is 0 Å². The first kappa shape index (κ1) is 19.3. The van der Waals surface area contributed by atoms with Crippen LogP contribution in [0.25, 0.3) is 11.3 Å². The predicted octanol–water partition coefficient (Wildman–Crippen LogP) is 4.32. The second-order valence-corrected chi connectivity index (χ2v) is 5.88. The third-order valence-corrected chi connectivity index (χ3v) is 3.76. The lowest BCUT2D eigenvalue weighted by atomic mass is 10.1. The number of nitrogens with zero attached hydrogens (tertiary/aromatic N) is 3. The van der Waals surface area contributed by atoms with Crippen molar-refractivity contribution in [2.45, 2.75) is 19.0 Å². The number of halogens is 3. The van der Waals surface area contributed by atoms with Gasteiger partial charge in [0.15, 0.2) is 0 Å². The summed E-state index contributed by atoms with van der Waals surface area (Å²) in [5, 5.41) is 11.5. The SMILES string of the molecule is O=C(O)CCc1cccc(-c2cccc(Nc3nccc(C(F)(F)F)n3)c2)n1. The minimum Gasteiger partial charge on any atom is -0.481 e. The Morgan fingerprint density at radius 3 is 2.61 bits per heavy atom. The number of carboxylic acids is 1. The zero-order chi connectivity index (χ0) is 20.1. The molecular weight excluding hydrogens is 373 g/mol. The summed E-state index contributed by atoms with van der Waals surface area (Å²) in [6.45, 7) is 0. The van der Waals surface area contributed by atoms with E-state index >= 15 is 0 Å². The van der Waals surface area contributed by atoms with Crippen LogP contribution in [0.15, 0.2) is 54.7 Å². The molecule has 1 aromatic carbocycles. The number of anilines is 2. The molecule has 144 valence electrons. The Morgan fingerprint density at radius 1 is 1.07 bits per heavy atom. The van der Waals surface area contributed by atoms with Gasteiger partial charge < -0.3 is 10.4 Å². The number of alkyl halides is 3. The first-order valence-corrected chi connectivity index (χ1v) is 8.27. The van der Waals surface area contributed by atoms with Crippen LogP contribution in [0.1, 0.15) is 17.8 Å². The van der Waals surface area contributed by atoms with Crippen LogP contribution in [0.5, 0.6) is 0 Å². The van der Waals surface area contributed by atoms with E-state index < -0.39 is 17.8 Å². The highest BCUT2D eigenvalue weighted by atomic mass is 19.4. The maximum Gasteiger partial charge on any atom is 0.433 e. The predicted molar refractivity (Wildman–Crippen MR) is 95.9 cm³/mol. The Labute approximate surface area is 158 Å². The summed E-state index contributed by atoms with van der Waals surface area (Å²) in [4.78, 5) is 22.4. The van der Waals surface area contributed by atoms with E-state index in [2.05, 4.69) is 20.3 Å². The number of pyridine rings is 1. The van der Waals surface area contributed by atoms with Crippen LogP contribution in [0.2, 0.25) is 0 Å². The van der Waals surface area contributed by atoms with Gasteiger partial charge in [-0.1, -0.05) is 18.2 Å². The monoisotopic (exact) mass is 388 g/mol. The van der Waals surface area contributed by atoms with Crippen molar-refractivity contribution < 1.29 is 23.1 Å². The largest absolute Gasteiger partial charge is 0.481 e. The smallest absolute Gasteiger partial charge is 0.433 e. The van der Waals surface area contributed by atoms with Crippen molar-refractivity contribution in [2.75, 3.05) is 5.32 Å². The third-order valence-electron chi connectivity index (χ3n) is 3.76. The molecule has 3 aromatic rings. The van der Waals surface area contributed by atoms with E-state index in [1.54, 1.807) is 42.5 Å². The van der Waals surface area contributed by atoms with Gasteiger partial charge >= 0.3 is 12.1 Å². The zero-order valence-electron chi connectivity index (χ0n) is 14.4. The number of aryl methyl sites for hydroxylation is 1. The van der Waals surface area contributed by atoms with Crippen molar-refractivity contribution >= 4 is 17.6 Å². The van der Waals surface area contributed by atoms with Crippen molar-refractivity contribution in [3.05, 3.63) is 66.1 Å². The van der Waals surface area contributed by atoms with Crippen LogP contribution >= 0.6 is 0 Å². The highest BCUT2D eigenvalue weighted by molar-refractivity contribution is 5.68. The summed E-state index contributed by atoms with van der Waals surface area (Å²) in [6.07, 6.45) is -3.23. The third kappa shape index (κ3) is 5.03. The van der Waals surface area contributed by atoms with E-state index in [-0.39, 0.29) is 12.4 Å². The Balaban J connectivity index is 1.81. The van der Waals surface area contributed by atoms with Gasteiger partial charge in [0.05, 0.1) is 12.1 Å². The average molecular weight is 388 g/mol. The molecule has 0 radical (unpaired) electrons. The molecule has 28 heavy (non-hydrogen) atoms. The second kappa shape index (κ2) is 8.03. The van der Waals surface area contributed by atoms with E-state index in [1.165, 1.54) is 0 Å². The molecule has 0 aliphatic rings. The summed E-state index contributed by atoms with van der Waals surface area (Å²) in [7, 11) is 0. The van der Waals surface area contributed by atoms with E-state index in [9.17, 15) is 18.0 Å². The van der Waals surface area contributed by atoms with Crippen molar-refractivity contribution in [3.63, 3.8) is 0 Å². The van der Waals surface area contributed by atoms with Crippen LogP contribution in [-0.2, 0) is 17.4 Å². The molecule has 0 fully saturated rings. The lowest BCUT2D eigenvalue weighted by Crippen LogP contribution is -2.10. The van der Waals surface area contributed by atoms with Crippen molar-refractivity contribution in [3.8, 4) is 11.3 Å². The first-order chi connectivity index (χ1) is 13.3. The number of aromatic nitrogens is 3. The van der Waals surface area contributed by atoms with Gasteiger partial charge in [-0.3, -0.25) is 9.78 Å². The number of carbonyl (C=O) groups is 1. The highest BCUT2D eigenvalue weighted by Crippen LogP contribution is 2.28. The Bertz CT molecular complexity index is 993. The molecule has 2 N–H and O–H groups in total. The molecule has 0 aliphatic carbocycles. The molecular formula is C19H15F3N4O2. The van der Waals surface area contributed by atoms with Gasteiger partial charge in [-0.2, -0.15) is 13.2 Å². The minimum atomic E-state index is -4.55. The fraction of sp³-hybridized carbons (Fsp3) is 0.158. The van der Waals surface area contributed by atoms with Crippen molar-refractivity contribution in [1.29, 1.82) is 0 Å². The Morgan fingerprint density at radius 2 is 1.86 bits per heavy atom. The molecule has 0 aliphatic heterocycles. The number of carboxylic acid groups (broad SMARTS) is 1. The molecule has 0 spiro atoms. The van der Waals surface area contributed by atoms with Gasteiger partial charge in [0.1, 0.15) is 5.69 Å². The molecule has 0 atom stereocenters. The fourth-order valence-electron chi connectivity index (χ4n) is 2.48. The average Bonchev–Trinajstić information content (AvgIpc) is 2.66. The molecule has 6 nitrogen and oxygen atoms in total. The van der Waals surface area contributed by atoms with Gasteiger partial charge in [-0.25, -0.2) is 9.97 Å². The fourth-order valence-corrected chi connectivity index (χ4v) is 2.48.